The normalized spacial score (nSPS) is 17.6. The number of thioether (sulfide) groups is 1. The quantitative estimate of drug-likeness (QED) is 0.812. The number of hydrogen-bond acceptors (Lipinski definition) is 4. The monoisotopic (exact) mass is 282 g/mol. The van der Waals surface area contributed by atoms with Crippen LogP contribution in [0, 0.1) is 6.92 Å². The van der Waals surface area contributed by atoms with Crippen LogP contribution in [0.2, 0.25) is 0 Å². The Morgan fingerprint density at radius 1 is 1.37 bits per heavy atom. The number of hydrogen-bond donors (Lipinski definition) is 1. The van der Waals surface area contributed by atoms with E-state index in [0.717, 1.165) is 37.6 Å². The molecule has 2 rings (SSSR count). The first kappa shape index (κ1) is 14.9. The number of nitrogens with one attached hydrogen (secondary N) is 1. The van der Waals surface area contributed by atoms with Crippen LogP contribution in [-0.4, -0.2) is 36.0 Å². The Morgan fingerprint density at radius 3 is 3.11 bits per heavy atom. The molecule has 0 atom stereocenters. The smallest absolute Gasteiger partial charge is 0.118 e. The lowest BCUT2D eigenvalue weighted by Crippen LogP contribution is -2.25. The average molecular weight is 282 g/mol. The minimum atomic E-state index is 0.852. The van der Waals surface area contributed by atoms with Gasteiger partial charge in [0.05, 0.1) is 6.54 Å². The molecular formula is C15H26N2OS. The van der Waals surface area contributed by atoms with E-state index in [2.05, 4.69) is 41.9 Å². The van der Waals surface area contributed by atoms with Gasteiger partial charge < -0.3 is 9.73 Å². The summed E-state index contributed by atoms with van der Waals surface area (Å²) >= 11 is 2.08. The topological polar surface area (TPSA) is 28.4 Å². The molecule has 1 N–H and O–H groups in total. The van der Waals surface area contributed by atoms with Crippen molar-refractivity contribution in [3.05, 3.63) is 23.2 Å². The molecule has 2 heterocycles. The summed E-state index contributed by atoms with van der Waals surface area (Å²) in [5.41, 5.74) is 1.36. The third-order valence-corrected chi connectivity index (χ3v) is 4.56. The molecule has 1 fully saturated rings. The van der Waals surface area contributed by atoms with Crippen molar-refractivity contribution >= 4 is 11.8 Å². The Bertz CT molecular complexity index is 370. The van der Waals surface area contributed by atoms with E-state index in [9.17, 15) is 0 Å². The van der Waals surface area contributed by atoms with Gasteiger partial charge in [-0.05, 0) is 44.7 Å². The molecule has 3 nitrogen and oxygen atoms in total. The summed E-state index contributed by atoms with van der Waals surface area (Å²) in [5, 5.41) is 3.39. The highest BCUT2D eigenvalue weighted by atomic mass is 32.2. The van der Waals surface area contributed by atoms with Crippen molar-refractivity contribution in [3.63, 3.8) is 0 Å². The summed E-state index contributed by atoms with van der Waals surface area (Å²) < 4.78 is 5.84. The molecule has 0 unspecified atom stereocenters. The standard InChI is InChI=1S/C15H26N2OS/c1-3-5-16-11-15-10-14(13(2)18-15)12-17-6-4-8-19-9-7-17/h10,16H,3-9,11-12H2,1-2H3. The number of nitrogens with zero attached hydrogens (tertiary/aromatic N) is 1. The summed E-state index contributed by atoms with van der Waals surface area (Å²) in [5.74, 6) is 4.74. The van der Waals surface area contributed by atoms with Crippen LogP contribution in [0.1, 0.15) is 36.8 Å². The van der Waals surface area contributed by atoms with Crippen LogP contribution < -0.4 is 5.32 Å². The molecule has 0 amide bonds. The molecule has 0 spiro atoms. The van der Waals surface area contributed by atoms with Crippen molar-refractivity contribution < 1.29 is 4.42 Å². The molecule has 19 heavy (non-hydrogen) atoms. The van der Waals surface area contributed by atoms with Crippen LogP contribution in [0.3, 0.4) is 0 Å². The van der Waals surface area contributed by atoms with Crippen molar-refractivity contribution in [1.82, 2.24) is 10.2 Å². The van der Waals surface area contributed by atoms with Crippen LogP contribution >= 0.6 is 11.8 Å². The van der Waals surface area contributed by atoms with Crippen molar-refractivity contribution in [2.75, 3.05) is 31.1 Å². The van der Waals surface area contributed by atoms with E-state index >= 15 is 0 Å². The summed E-state index contributed by atoms with van der Waals surface area (Å²) in [7, 11) is 0. The lowest BCUT2D eigenvalue weighted by molar-refractivity contribution is 0.285. The first-order valence-electron chi connectivity index (χ1n) is 7.38. The van der Waals surface area contributed by atoms with Crippen molar-refractivity contribution in [2.24, 2.45) is 0 Å². The van der Waals surface area contributed by atoms with E-state index in [0.29, 0.717) is 0 Å². The molecule has 4 heteroatoms. The van der Waals surface area contributed by atoms with Gasteiger partial charge >= 0.3 is 0 Å². The molecule has 0 bridgehead atoms. The van der Waals surface area contributed by atoms with Gasteiger partial charge in [0, 0.05) is 24.4 Å². The van der Waals surface area contributed by atoms with Crippen molar-refractivity contribution in [2.45, 2.75) is 39.8 Å². The fourth-order valence-corrected chi connectivity index (χ4v) is 3.34. The lowest BCUT2D eigenvalue weighted by Gasteiger charge is -2.18. The lowest BCUT2D eigenvalue weighted by atomic mass is 10.2. The molecular weight excluding hydrogens is 256 g/mol. The van der Waals surface area contributed by atoms with Crippen LogP contribution in [0.15, 0.2) is 10.5 Å². The number of aryl methyl sites for hydroxylation is 1. The Labute approximate surface area is 121 Å². The summed E-state index contributed by atoms with van der Waals surface area (Å²) in [6.07, 6.45) is 2.48. The molecule has 108 valence electrons. The number of rotatable bonds is 6. The van der Waals surface area contributed by atoms with Crippen LogP contribution in [0.5, 0.6) is 0 Å². The van der Waals surface area contributed by atoms with E-state index in [1.807, 2.05) is 0 Å². The minimum Gasteiger partial charge on any atom is -0.465 e. The average Bonchev–Trinajstić information content (AvgIpc) is 2.61. The highest BCUT2D eigenvalue weighted by molar-refractivity contribution is 7.99. The van der Waals surface area contributed by atoms with Gasteiger partial charge in [-0.2, -0.15) is 11.8 Å². The fraction of sp³-hybridized carbons (Fsp3) is 0.733. The van der Waals surface area contributed by atoms with Gasteiger partial charge in [-0.25, -0.2) is 0 Å². The maximum atomic E-state index is 5.84. The molecule has 1 saturated heterocycles. The Kier molecular flexibility index (Phi) is 6.28. The van der Waals surface area contributed by atoms with Gasteiger partial charge in [0.15, 0.2) is 0 Å². The zero-order valence-electron chi connectivity index (χ0n) is 12.2. The predicted molar refractivity (Wildman–Crippen MR) is 82.7 cm³/mol. The third-order valence-electron chi connectivity index (χ3n) is 3.51. The van der Waals surface area contributed by atoms with Gasteiger partial charge in [-0.1, -0.05) is 6.92 Å². The molecule has 0 aromatic carbocycles. The summed E-state index contributed by atoms with van der Waals surface area (Å²) in [6, 6.07) is 2.23. The molecule has 0 radical (unpaired) electrons. The van der Waals surface area contributed by atoms with Gasteiger partial charge in [0.2, 0.25) is 0 Å². The Balaban J connectivity index is 1.88. The SMILES string of the molecule is CCCNCc1cc(CN2CCCSCC2)c(C)o1. The van der Waals surface area contributed by atoms with Crippen molar-refractivity contribution in [1.29, 1.82) is 0 Å². The van der Waals surface area contributed by atoms with E-state index in [4.69, 9.17) is 4.42 Å². The third kappa shape index (κ3) is 4.86. The zero-order valence-corrected chi connectivity index (χ0v) is 13.0. The molecule has 0 aliphatic carbocycles. The first-order valence-corrected chi connectivity index (χ1v) is 8.54. The second-order valence-electron chi connectivity index (χ2n) is 5.21. The van der Waals surface area contributed by atoms with Gasteiger partial charge in [0.1, 0.15) is 11.5 Å². The summed E-state index contributed by atoms with van der Waals surface area (Å²) in [4.78, 5) is 2.56. The maximum absolute atomic E-state index is 5.84. The second kappa shape index (κ2) is 7.98. The highest BCUT2D eigenvalue weighted by Crippen LogP contribution is 2.19. The summed E-state index contributed by atoms with van der Waals surface area (Å²) in [6.45, 7) is 9.65. The second-order valence-corrected chi connectivity index (χ2v) is 6.44. The van der Waals surface area contributed by atoms with Crippen LogP contribution in [0.25, 0.3) is 0 Å². The highest BCUT2D eigenvalue weighted by Gasteiger charge is 2.13. The zero-order chi connectivity index (χ0) is 13.5. The van der Waals surface area contributed by atoms with Gasteiger partial charge in [-0.3, -0.25) is 4.90 Å². The molecule has 0 saturated carbocycles. The van der Waals surface area contributed by atoms with E-state index in [-0.39, 0.29) is 0 Å². The van der Waals surface area contributed by atoms with Crippen LogP contribution in [-0.2, 0) is 13.1 Å². The van der Waals surface area contributed by atoms with Gasteiger partial charge in [-0.15, -0.1) is 0 Å². The van der Waals surface area contributed by atoms with Crippen LogP contribution in [0.4, 0.5) is 0 Å². The van der Waals surface area contributed by atoms with E-state index in [1.165, 1.54) is 36.6 Å². The molecule has 1 aliphatic rings. The molecule has 1 aromatic heterocycles. The van der Waals surface area contributed by atoms with E-state index in [1.54, 1.807) is 0 Å². The van der Waals surface area contributed by atoms with E-state index < -0.39 is 0 Å². The van der Waals surface area contributed by atoms with Gasteiger partial charge in [0.25, 0.3) is 0 Å². The molecule has 1 aromatic rings. The minimum absolute atomic E-state index is 0.852. The Morgan fingerprint density at radius 2 is 2.26 bits per heavy atom. The predicted octanol–water partition coefficient (Wildman–Crippen LogP) is 3.03. The van der Waals surface area contributed by atoms with Crippen molar-refractivity contribution in [3.8, 4) is 0 Å². The Hall–Kier alpha value is -0.450. The molecule has 1 aliphatic heterocycles. The largest absolute Gasteiger partial charge is 0.465 e. The number of furan rings is 1. The maximum Gasteiger partial charge on any atom is 0.118 e. The fourth-order valence-electron chi connectivity index (χ4n) is 2.42. The first-order chi connectivity index (χ1) is 9.29.